The molecule has 0 saturated carbocycles. The molecule has 0 aromatic rings. The molecule has 0 radical (unpaired) electrons. The van der Waals surface area contributed by atoms with Gasteiger partial charge in [-0.2, -0.15) is 0 Å². The largest absolute Gasteiger partial charge is 0.385 e. The molecule has 0 spiro atoms. The Morgan fingerprint density at radius 3 is 2.62 bits per heavy atom. The van der Waals surface area contributed by atoms with E-state index in [9.17, 15) is 4.79 Å². The van der Waals surface area contributed by atoms with Crippen LogP contribution in [0.3, 0.4) is 0 Å². The quantitative estimate of drug-likeness (QED) is 0.690. The van der Waals surface area contributed by atoms with Crippen LogP contribution in [-0.2, 0) is 9.53 Å². The summed E-state index contributed by atoms with van der Waals surface area (Å²) in [4.78, 5) is 13.1. The second-order valence-corrected chi connectivity index (χ2v) is 4.43. The molecule has 16 heavy (non-hydrogen) atoms. The molecular formula is C12H24N2O2. The summed E-state index contributed by atoms with van der Waals surface area (Å²) in [7, 11) is 1.74. The second kappa shape index (κ2) is 7.63. The van der Waals surface area contributed by atoms with Gasteiger partial charge in [-0.25, -0.2) is 0 Å². The number of methoxy groups -OCH3 is 1. The summed E-state index contributed by atoms with van der Waals surface area (Å²) in [6.45, 7) is 5.38. The van der Waals surface area contributed by atoms with E-state index in [0.717, 1.165) is 45.5 Å². The summed E-state index contributed by atoms with van der Waals surface area (Å²) in [6.07, 6.45) is 4.46. The van der Waals surface area contributed by atoms with E-state index in [1.807, 2.05) is 4.90 Å². The summed E-state index contributed by atoms with van der Waals surface area (Å²) < 4.78 is 5.00. The number of piperidine rings is 1. The highest BCUT2D eigenvalue weighted by molar-refractivity contribution is 5.73. The minimum absolute atomic E-state index is 0.207. The van der Waals surface area contributed by atoms with Gasteiger partial charge in [-0.15, -0.1) is 0 Å². The highest BCUT2D eigenvalue weighted by Gasteiger charge is 2.19. The monoisotopic (exact) mass is 228 g/mol. The molecule has 1 aliphatic heterocycles. The van der Waals surface area contributed by atoms with Crippen LogP contribution in [0.15, 0.2) is 0 Å². The van der Waals surface area contributed by atoms with Crippen molar-refractivity contribution in [2.75, 3.05) is 33.4 Å². The van der Waals surface area contributed by atoms with Crippen LogP contribution in [0.2, 0.25) is 0 Å². The maximum atomic E-state index is 11.1. The summed E-state index contributed by atoms with van der Waals surface area (Å²) in [5.41, 5.74) is 0. The van der Waals surface area contributed by atoms with Crippen molar-refractivity contribution >= 4 is 5.91 Å². The Kier molecular flexibility index (Phi) is 6.42. The van der Waals surface area contributed by atoms with Crippen LogP contribution in [0.25, 0.3) is 0 Å². The third-order valence-electron chi connectivity index (χ3n) is 3.15. The van der Waals surface area contributed by atoms with Crippen molar-refractivity contribution in [3.8, 4) is 0 Å². The van der Waals surface area contributed by atoms with Crippen LogP contribution in [0.1, 0.15) is 32.6 Å². The number of likely N-dealkylation sites (tertiary alicyclic amines) is 1. The van der Waals surface area contributed by atoms with E-state index in [0.29, 0.717) is 6.04 Å². The van der Waals surface area contributed by atoms with Crippen LogP contribution >= 0.6 is 0 Å². The van der Waals surface area contributed by atoms with Crippen LogP contribution < -0.4 is 5.32 Å². The van der Waals surface area contributed by atoms with E-state index in [-0.39, 0.29) is 5.91 Å². The Balaban J connectivity index is 2.02. The standard InChI is InChI=1S/C12H24N2O2/c1-11(15)14-8-5-12(6-9-14)13-7-3-4-10-16-2/h12-13H,3-10H2,1-2H3. The number of carbonyl (C=O) groups is 1. The third kappa shape index (κ3) is 4.94. The normalized spacial score (nSPS) is 17.8. The van der Waals surface area contributed by atoms with Gasteiger partial charge in [-0.05, 0) is 32.2 Å². The van der Waals surface area contributed by atoms with Crippen molar-refractivity contribution < 1.29 is 9.53 Å². The number of hydrogen-bond donors (Lipinski definition) is 1. The van der Waals surface area contributed by atoms with Gasteiger partial charge >= 0.3 is 0 Å². The third-order valence-corrected chi connectivity index (χ3v) is 3.15. The molecule has 1 fully saturated rings. The first kappa shape index (κ1) is 13.5. The molecule has 1 heterocycles. The Bertz CT molecular complexity index is 201. The predicted octanol–water partition coefficient (Wildman–Crippen LogP) is 1.01. The van der Waals surface area contributed by atoms with E-state index in [4.69, 9.17) is 4.74 Å². The fourth-order valence-electron chi connectivity index (χ4n) is 2.08. The van der Waals surface area contributed by atoms with Gasteiger partial charge in [0.1, 0.15) is 0 Å². The summed E-state index contributed by atoms with van der Waals surface area (Å²) in [5, 5.41) is 3.55. The van der Waals surface area contributed by atoms with Gasteiger partial charge < -0.3 is 15.0 Å². The van der Waals surface area contributed by atoms with Crippen LogP contribution in [0.4, 0.5) is 0 Å². The molecule has 0 bridgehead atoms. The molecule has 4 heteroatoms. The van der Waals surface area contributed by atoms with Gasteiger partial charge in [0.05, 0.1) is 0 Å². The van der Waals surface area contributed by atoms with E-state index in [2.05, 4.69) is 5.32 Å². The SMILES string of the molecule is COCCCCNC1CCN(C(C)=O)CC1. The maximum absolute atomic E-state index is 11.1. The first-order valence-corrected chi connectivity index (χ1v) is 6.22. The lowest BCUT2D eigenvalue weighted by atomic mass is 10.0. The molecule has 1 aliphatic rings. The number of unbranched alkanes of at least 4 members (excludes halogenated alkanes) is 1. The summed E-state index contributed by atoms with van der Waals surface area (Å²) >= 11 is 0. The minimum atomic E-state index is 0.207. The fourth-order valence-corrected chi connectivity index (χ4v) is 2.08. The molecule has 94 valence electrons. The molecule has 1 amide bonds. The van der Waals surface area contributed by atoms with Crippen LogP contribution in [0.5, 0.6) is 0 Å². The zero-order valence-electron chi connectivity index (χ0n) is 10.5. The molecule has 1 saturated heterocycles. The molecule has 0 atom stereocenters. The number of carbonyl (C=O) groups excluding carboxylic acids is 1. The second-order valence-electron chi connectivity index (χ2n) is 4.43. The lowest BCUT2D eigenvalue weighted by molar-refractivity contribution is -0.129. The molecule has 1 N–H and O–H groups in total. The Morgan fingerprint density at radius 1 is 1.38 bits per heavy atom. The maximum Gasteiger partial charge on any atom is 0.219 e. The number of rotatable bonds is 6. The number of ether oxygens (including phenoxy) is 1. The Morgan fingerprint density at radius 2 is 2.06 bits per heavy atom. The van der Waals surface area contributed by atoms with Crippen molar-refractivity contribution in [1.29, 1.82) is 0 Å². The van der Waals surface area contributed by atoms with Gasteiger partial charge in [0.2, 0.25) is 5.91 Å². The highest BCUT2D eigenvalue weighted by Crippen LogP contribution is 2.10. The Labute approximate surface area is 98.3 Å². The van der Waals surface area contributed by atoms with Crippen LogP contribution in [0, 0.1) is 0 Å². The smallest absolute Gasteiger partial charge is 0.219 e. The van der Waals surface area contributed by atoms with Crippen LogP contribution in [-0.4, -0.2) is 50.2 Å². The van der Waals surface area contributed by atoms with Crippen molar-refractivity contribution in [2.45, 2.75) is 38.6 Å². The molecule has 0 aromatic heterocycles. The summed E-state index contributed by atoms with van der Waals surface area (Å²) in [5.74, 6) is 0.207. The van der Waals surface area contributed by atoms with E-state index < -0.39 is 0 Å². The average molecular weight is 228 g/mol. The van der Waals surface area contributed by atoms with Gasteiger partial charge in [-0.1, -0.05) is 0 Å². The Hall–Kier alpha value is -0.610. The van der Waals surface area contributed by atoms with Crippen molar-refractivity contribution in [3.63, 3.8) is 0 Å². The fraction of sp³-hybridized carbons (Fsp3) is 0.917. The van der Waals surface area contributed by atoms with Crippen molar-refractivity contribution in [2.24, 2.45) is 0 Å². The molecule has 0 unspecified atom stereocenters. The molecule has 1 rings (SSSR count). The van der Waals surface area contributed by atoms with E-state index in [1.54, 1.807) is 14.0 Å². The number of nitrogens with one attached hydrogen (secondary N) is 1. The topological polar surface area (TPSA) is 41.6 Å². The molecular weight excluding hydrogens is 204 g/mol. The first-order chi connectivity index (χ1) is 7.74. The van der Waals surface area contributed by atoms with Gasteiger partial charge in [0.25, 0.3) is 0 Å². The van der Waals surface area contributed by atoms with Crippen molar-refractivity contribution in [1.82, 2.24) is 10.2 Å². The van der Waals surface area contributed by atoms with E-state index >= 15 is 0 Å². The lowest BCUT2D eigenvalue weighted by Gasteiger charge is -2.31. The first-order valence-electron chi connectivity index (χ1n) is 6.22. The minimum Gasteiger partial charge on any atom is -0.385 e. The van der Waals surface area contributed by atoms with Gasteiger partial charge in [0, 0.05) is 39.8 Å². The molecule has 0 aliphatic carbocycles. The van der Waals surface area contributed by atoms with E-state index in [1.165, 1.54) is 6.42 Å². The van der Waals surface area contributed by atoms with Gasteiger partial charge in [-0.3, -0.25) is 4.79 Å². The molecule has 4 nitrogen and oxygen atoms in total. The molecule has 0 aromatic carbocycles. The number of nitrogens with zero attached hydrogens (tertiary/aromatic N) is 1. The predicted molar refractivity (Wildman–Crippen MR) is 64.4 cm³/mol. The summed E-state index contributed by atoms with van der Waals surface area (Å²) in [6, 6.07) is 0.596. The highest BCUT2D eigenvalue weighted by atomic mass is 16.5. The lowest BCUT2D eigenvalue weighted by Crippen LogP contribution is -2.44. The van der Waals surface area contributed by atoms with Crippen molar-refractivity contribution in [3.05, 3.63) is 0 Å². The average Bonchev–Trinajstić information content (AvgIpc) is 2.29. The number of amides is 1. The van der Waals surface area contributed by atoms with Gasteiger partial charge in [0.15, 0.2) is 0 Å². The number of hydrogen-bond acceptors (Lipinski definition) is 3. The zero-order valence-corrected chi connectivity index (χ0v) is 10.5. The zero-order chi connectivity index (χ0) is 11.8.